The molecular formula is C15H21IN2O. The highest BCUT2D eigenvalue weighted by Crippen LogP contribution is 2.17. The van der Waals surface area contributed by atoms with E-state index in [-0.39, 0.29) is 5.91 Å². The summed E-state index contributed by atoms with van der Waals surface area (Å²) in [7, 11) is 1.98. The molecule has 1 amide bonds. The van der Waals surface area contributed by atoms with Crippen LogP contribution in [0.3, 0.4) is 0 Å². The van der Waals surface area contributed by atoms with Gasteiger partial charge in [0.05, 0.1) is 6.42 Å². The number of nitrogens with one attached hydrogen (secondary N) is 1. The van der Waals surface area contributed by atoms with E-state index < -0.39 is 0 Å². The van der Waals surface area contributed by atoms with Gasteiger partial charge in [-0.25, -0.2) is 0 Å². The fourth-order valence-electron chi connectivity index (χ4n) is 2.68. The first-order chi connectivity index (χ1) is 9.19. The van der Waals surface area contributed by atoms with Crippen LogP contribution in [-0.4, -0.2) is 37.5 Å². The van der Waals surface area contributed by atoms with Crippen molar-refractivity contribution < 1.29 is 4.79 Å². The summed E-state index contributed by atoms with van der Waals surface area (Å²) in [5, 5.41) is 3.22. The summed E-state index contributed by atoms with van der Waals surface area (Å²) >= 11 is 2.29. The van der Waals surface area contributed by atoms with Crippen molar-refractivity contribution in [1.29, 1.82) is 0 Å². The predicted octanol–water partition coefficient (Wildman–Crippen LogP) is 2.29. The number of likely N-dealkylation sites (tertiary alicyclic amines) is 1. The van der Waals surface area contributed by atoms with Gasteiger partial charge in [-0.15, -0.1) is 0 Å². The van der Waals surface area contributed by atoms with E-state index in [2.05, 4.69) is 40.0 Å². The zero-order chi connectivity index (χ0) is 13.7. The molecule has 19 heavy (non-hydrogen) atoms. The van der Waals surface area contributed by atoms with Gasteiger partial charge >= 0.3 is 0 Å². The Morgan fingerprint density at radius 1 is 1.53 bits per heavy atom. The van der Waals surface area contributed by atoms with Gasteiger partial charge < -0.3 is 10.2 Å². The Kier molecular flexibility index (Phi) is 5.63. The number of carbonyl (C=O) groups excluding carboxylic acids is 1. The topological polar surface area (TPSA) is 32.3 Å². The quantitative estimate of drug-likeness (QED) is 0.823. The Labute approximate surface area is 128 Å². The molecule has 4 heteroatoms. The van der Waals surface area contributed by atoms with E-state index in [0.717, 1.165) is 31.6 Å². The van der Waals surface area contributed by atoms with E-state index in [1.807, 2.05) is 24.1 Å². The van der Waals surface area contributed by atoms with Crippen LogP contribution in [0.25, 0.3) is 0 Å². The van der Waals surface area contributed by atoms with E-state index >= 15 is 0 Å². The summed E-state index contributed by atoms with van der Waals surface area (Å²) in [5.74, 6) is 0.876. The first-order valence-corrected chi connectivity index (χ1v) is 7.93. The number of halogens is 1. The van der Waals surface area contributed by atoms with Gasteiger partial charge in [0.1, 0.15) is 0 Å². The van der Waals surface area contributed by atoms with Crippen molar-refractivity contribution in [2.75, 3.05) is 26.7 Å². The minimum atomic E-state index is 0.266. The molecule has 3 nitrogen and oxygen atoms in total. The number of carbonyl (C=O) groups is 1. The molecule has 1 aromatic carbocycles. The van der Waals surface area contributed by atoms with E-state index in [1.165, 1.54) is 9.99 Å². The molecule has 1 unspecified atom stereocenters. The Hall–Kier alpha value is -0.620. The minimum Gasteiger partial charge on any atom is -0.342 e. The second-order valence-electron chi connectivity index (χ2n) is 5.21. The number of rotatable bonds is 4. The van der Waals surface area contributed by atoms with Gasteiger partial charge in [-0.3, -0.25) is 4.79 Å². The van der Waals surface area contributed by atoms with E-state index in [4.69, 9.17) is 0 Å². The molecule has 0 saturated carbocycles. The lowest BCUT2D eigenvalue weighted by Crippen LogP contribution is -2.43. The summed E-state index contributed by atoms with van der Waals surface area (Å²) < 4.78 is 1.19. The van der Waals surface area contributed by atoms with Gasteiger partial charge in [0, 0.05) is 16.7 Å². The van der Waals surface area contributed by atoms with Crippen LogP contribution in [0.5, 0.6) is 0 Å². The third-order valence-electron chi connectivity index (χ3n) is 3.61. The fourth-order valence-corrected chi connectivity index (χ4v) is 3.29. The zero-order valence-electron chi connectivity index (χ0n) is 11.4. The average Bonchev–Trinajstić information content (AvgIpc) is 2.39. The maximum Gasteiger partial charge on any atom is 0.226 e. The van der Waals surface area contributed by atoms with Crippen molar-refractivity contribution in [2.45, 2.75) is 19.3 Å². The molecule has 1 fully saturated rings. The third kappa shape index (κ3) is 4.45. The van der Waals surface area contributed by atoms with Gasteiger partial charge in [0.2, 0.25) is 5.91 Å². The maximum atomic E-state index is 12.3. The number of hydrogen-bond donors (Lipinski definition) is 1. The molecule has 1 aliphatic heterocycles. The Bertz CT molecular complexity index is 434. The fraction of sp³-hybridized carbons (Fsp3) is 0.533. The van der Waals surface area contributed by atoms with Crippen LogP contribution < -0.4 is 5.32 Å². The van der Waals surface area contributed by atoms with Crippen LogP contribution in [0.1, 0.15) is 18.4 Å². The summed E-state index contributed by atoms with van der Waals surface area (Å²) in [6, 6.07) is 8.20. The number of amides is 1. The molecule has 1 aliphatic rings. The first-order valence-electron chi connectivity index (χ1n) is 6.86. The number of nitrogens with zero attached hydrogens (tertiary/aromatic N) is 1. The Morgan fingerprint density at radius 3 is 3.11 bits per heavy atom. The molecular weight excluding hydrogens is 351 g/mol. The lowest BCUT2D eigenvalue weighted by molar-refractivity contribution is -0.132. The summed E-state index contributed by atoms with van der Waals surface area (Å²) in [5.41, 5.74) is 1.12. The van der Waals surface area contributed by atoms with E-state index in [0.29, 0.717) is 12.3 Å². The van der Waals surface area contributed by atoms with Crippen LogP contribution in [0.2, 0.25) is 0 Å². The van der Waals surface area contributed by atoms with Crippen LogP contribution >= 0.6 is 22.6 Å². The standard InChI is InChI=1S/C15H21IN2O/c1-17-10-13-5-3-7-18(11-13)15(19)9-12-4-2-6-14(16)8-12/h2,4,6,8,13,17H,3,5,7,9-11H2,1H3. The third-order valence-corrected chi connectivity index (χ3v) is 4.28. The Balaban J connectivity index is 1.92. The second kappa shape index (κ2) is 7.24. The highest BCUT2D eigenvalue weighted by atomic mass is 127. The van der Waals surface area contributed by atoms with Gasteiger partial charge in [0.15, 0.2) is 0 Å². The van der Waals surface area contributed by atoms with Crippen molar-refractivity contribution in [3.05, 3.63) is 33.4 Å². The number of piperidine rings is 1. The van der Waals surface area contributed by atoms with Crippen LogP contribution in [0, 0.1) is 9.49 Å². The van der Waals surface area contributed by atoms with Gasteiger partial charge in [-0.2, -0.15) is 0 Å². The largest absolute Gasteiger partial charge is 0.342 e. The van der Waals surface area contributed by atoms with Crippen molar-refractivity contribution in [3.63, 3.8) is 0 Å². The molecule has 1 saturated heterocycles. The van der Waals surface area contributed by atoms with Crippen molar-refractivity contribution in [2.24, 2.45) is 5.92 Å². The van der Waals surface area contributed by atoms with Crippen LogP contribution in [0.4, 0.5) is 0 Å². The smallest absolute Gasteiger partial charge is 0.226 e. The van der Waals surface area contributed by atoms with Gasteiger partial charge in [-0.1, -0.05) is 12.1 Å². The highest BCUT2D eigenvalue weighted by Gasteiger charge is 2.23. The van der Waals surface area contributed by atoms with Crippen molar-refractivity contribution in [3.8, 4) is 0 Å². The number of hydrogen-bond acceptors (Lipinski definition) is 2. The first kappa shape index (κ1) is 14.8. The minimum absolute atomic E-state index is 0.266. The molecule has 1 aromatic rings. The molecule has 104 valence electrons. The lowest BCUT2D eigenvalue weighted by atomic mass is 9.97. The molecule has 1 N–H and O–H groups in total. The molecule has 2 rings (SSSR count). The molecule has 0 aliphatic carbocycles. The SMILES string of the molecule is CNCC1CCCN(C(=O)Cc2cccc(I)c2)C1. The van der Waals surface area contributed by atoms with Crippen LogP contribution in [0.15, 0.2) is 24.3 Å². The number of benzene rings is 1. The average molecular weight is 372 g/mol. The predicted molar refractivity (Wildman–Crippen MR) is 86.1 cm³/mol. The summed E-state index contributed by atoms with van der Waals surface area (Å²) in [4.78, 5) is 14.4. The molecule has 0 bridgehead atoms. The molecule has 0 spiro atoms. The normalized spacial score (nSPS) is 19.5. The van der Waals surface area contributed by atoms with E-state index in [9.17, 15) is 4.79 Å². The maximum absolute atomic E-state index is 12.3. The highest BCUT2D eigenvalue weighted by molar-refractivity contribution is 14.1. The van der Waals surface area contributed by atoms with Crippen LogP contribution in [-0.2, 0) is 11.2 Å². The molecule has 0 aromatic heterocycles. The molecule has 0 radical (unpaired) electrons. The van der Waals surface area contributed by atoms with Gasteiger partial charge in [-0.05, 0) is 72.6 Å². The second-order valence-corrected chi connectivity index (χ2v) is 6.46. The van der Waals surface area contributed by atoms with Crippen molar-refractivity contribution >= 4 is 28.5 Å². The van der Waals surface area contributed by atoms with Gasteiger partial charge in [0.25, 0.3) is 0 Å². The summed E-state index contributed by atoms with van der Waals surface area (Å²) in [6.07, 6.45) is 2.89. The monoisotopic (exact) mass is 372 g/mol. The van der Waals surface area contributed by atoms with E-state index in [1.54, 1.807) is 0 Å². The molecule has 1 heterocycles. The van der Waals surface area contributed by atoms with Crippen molar-refractivity contribution in [1.82, 2.24) is 10.2 Å². The lowest BCUT2D eigenvalue weighted by Gasteiger charge is -2.32. The Morgan fingerprint density at radius 2 is 2.37 bits per heavy atom. The molecule has 1 atom stereocenters. The summed E-state index contributed by atoms with van der Waals surface area (Å²) in [6.45, 7) is 2.83. The zero-order valence-corrected chi connectivity index (χ0v) is 13.5.